The van der Waals surface area contributed by atoms with Gasteiger partial charge in [-0.3, -0.25) is 9.59 Å². The molecule has 1 saturated carbocycles. The van der Waals surface area contributed by atoms with Crippen molar-refractivity contribution >= 4 is 11.9 Å². The molecule has 1 aromatic rings. The van der Waals surface area contributed by atoms with Crippen molar-refractivity contribution in [2.45, 2.75) is 96.7 Å². The van der Waals surface area contributed by atoms with Crippen molar-refractivity contribution < 1.29 is 29.3 Å². The van der Waals surface area contributed by atoms with Gasteiger partial charge < -0.3 is 19.7 Å². The van der Waals surface area contributed by atoms with Gasteiger partial charge in [0.15, 0.2) is 0 Å². The molecule has 0 aliphatic heterocycles. The summed E-state index contributed by atoms with van der Waals surface area (Å²) in [6, 6.07) is 9.69. The third-order valence-corrected chi connectivity index (χ3v) is 6.72. The maximum absolute atomic E-state index is 11.7. The smallest absolute Gasteiger partial charge is 0.311 e. The number of benzene rings is 1. The first-order valence-electron chi connectivity index (χ1n) is 12.9. The average molecular weight is 479 g/mol. The molecule has 0 bridgehead atoms. The van der Waals surface area contributed by atoms with Crippen LogP contribution in [0.2, 0.25) is 0 Å². The molecule has 0 heterocycles. The largest absolute Gasteiger partial charge is 0.469 e. The Bertz CT molecular complexity index is 671. The fourth-order valence-corrected chi connectivity index (χ4v) is 4.73. The number of aliphatic hydroxyl groups excluding tert-OH is 2. The molecule has 0 radical (unpaired) electrons. The number of methoxy groups -OCH3 is 2. The second-order valence-corrected chi connectivity index (χ2v) is 9.40. The highest BCUT2D eigenvalue weighted by molar-refractivity contribution is 5.73. The van der Waals surface area contributed by atoms with E-state index in [0.717, 1.165) is 24.8 Å². The molecular weight excluding hydrogens is 432 g/mol. The summed E-state index contributed by atoms with van der Waals surface area (Å²) in [6.07, 6.45) is 9.47. The van der Waals surface area contributed by atoms with Gasteiger partial charge in [0.05, 0.1) is 38.3 Å². The Morgan fingerprint density at radius 3 is 1.85 bits per heavy atom. The Kier molecular flexibility index (Phi) is 15.5. The van der Waals surface area contributed by atoms with Gasteiger partial charge in [0, 0.05) is 0 Å². The van der Waals surface area contributed by atoms with Gasteiger partial charge in [0.2, 0.25) is 0 Å². The molecule has 2 rings (SSSR count). The summed E-state index contributed by atoms with van der Waals surface area (Å²) in [6.45, 7) is 4.01. The quantitative estimate of drug-likeness (QED) is 0.407. The van der Waals surface area contributed by atoms with Crippen LogP contribution in [0, 0.1) is 17.8 Å². The number of hydrogen-bond donors (Lipinski definition) is 2. The maximum Gasteiger partial charge on any atom is 0.311 e. The first kappa shape index (κ1) is 30.1. The van der Waals surface area contributed by atoms with Crippen LogP contribution in [0.25, 0.3) is 0 Å². The van der Waals surface area contributed by atoms with Crippen LogP contribution in [0.1, 0.15) is 83.6 Å². The number of carbonyl (C=O) groups excluding carboxylic acids is 2. The second-order valence-electron chi connectivity index (χ2n) is 9.40. The van der Waals surface area contributed by atoms with Crippen LogP contribution in [0.4, 0.5) is 0 Å². The predicted molar refractivity (Wildman–Crippen MR) is 134 cm³/mol. The maximum atomic E-state index is 11.7. The minimum atomic E-state index is -0.632. The molecule has 6 nitrogen and oxygen atoms in total. The van der Waals surface area contributed by atoms with Crippen molar-refractivity contribution in [1.29, 1.82) is 0 Å². The number of hydrogen-bond acceptors (Lipinski definition) is 6. The molecule has 0 spiro atoms. The highest BCUT2D eigenvalue weighted by atomic mass is 16.5. The summed E-state index contributed by atoms with van der Waals surface area (Å²) >= 11 is 0. The minimum absolute atomic E-state index is 0.239. The number of aliphatic hydroxyl groups is 2. The summed E-state index contributed by atoms with van der Waals surface area (Å²) in [7, 11) is 2.77. The summed E-state index contributed by atoms with van der Waals surface area (Å²) < 4.78 is 9.58. The SMILES string of the molecule is CCC[C@@H](O)[C@@H](CC1CCCCC1)C(=O)OC.CCC[C@@H](O)[C@@H](Cc1ccccc1)C(=O)OC. The number of rotatable bonds is 12. The summed E-state index contributed by atoms with van der Waals surface area (Å²) in [4.78, 5) is 23.4. The van der Waals surface area contributed by atoms with Gasteiger partial charge in [-0.25, -0.2) is 0 Å². The molecule has 34 heavy (non-hydrogen) atoms. The topological polar surface area (TPSA) is 93.1 Å². The van der Waals surface area contributed by atoms with Gasteiger partial charge in [-0.05, 0) is 37.2 Å². The monoisotopic (exact) mass is 478 g/mol. The highest BCUT2D eigenvalue weighted by Crippen LogP contribution is 2.31. The van der Waals surface area contributed by atoms with E-state index in [9.17, 15) is 19.8 Å². The minimum Gasteiger partial charge on any atom is -0.469 e. The van der Waals surface area contributed by atoms with E-state index in [-0.39, 0.29) is 17.9 Å². The summed E-state index contributed by atoms with van der Waals surface area (Å²) in [5, 5.41) is 20.0. The third-order valence-electron chi connectivity index (χ3n) is 6.72. The van der Waals surface area contributed by atoms with E-state index >= 15 is 0 Å². The van der Waals surface area contributed by atoms with E-state index in [1.807, 2.05) is 44.2 Å². The molecule has 2 N–H and O–H groups in total. The normalized spacial score (nSPS) is 17.5. The van der Waals surface area contributed by atoms with Gasteiger partial charge in [-0.15, -0.1) is 0 Å². The Morgan fingerprint density at radius 2 is 1.35 bits per heavy atom. The van der Waals surface area contributed by atoms with Crippen molar-refractivity contribution in [3.05, 3.63) is 35.9 Å². The van der Waals surface area contributed by atoms with E-state index in [2.05, 4.69) is 0 Å². The molecule has 0 saturated heterocycles. The molecule has 0 unspecified atom stereocenters. The van der Waals surface area contributed by atoms with Crippen LogP contribution in [0.3, 0.4) is 0 Å². The lowest BCUT2D eigenvalue weighted by Crippen LogP contribution is -2.31. The Labute approximate surface area is 206 Å². The van der Waals surface area contributed by atoms with E-state index in [1.54, 1.807) is 0 Å². The van der Waals surface area contributed by atoms with Gasteiger partial charge in [-0.2, -0.15) is 0 Å². The van der Waals surface area contributed by atoms with Crippen LogP contribution < -0.4 is 0 Å². The summed E-state index contributed by atoms with van der Waals surface area (Å²) in [5.41, 5.74) is 1.04. The number of carbonyl (C=O) groups is 2. The fourth-order valence-electron chi connectivity index (χ4n) is 4.73. The molecular formula is C28H46O6. The Morgan fingerprint density at radius 1 is 0.853 bits per heavy atom. The lowest BCUT2D eigenvalue weighted by atomic mass is 9.80. The zero-order valence-electron chi connectivity index (χ0n) is 21.6. The Hall–Kier alpha value is -1.92. The average Bonchev–Trinajstić information content (AvgIpc) is 2.86. The van der Waals surface area contributed by atoms with Crippen LogP contribution >= 0.6 is 0 Å². The van der Waals surface area contributed by atoms with Gasteiger partial charge in [-0.1, -0.05) is 89.1 Å². The first-order valence-corrected chi connectivity index (χ1v) is 12.9. The lowest BCUT2D eigenvalue weighted by molar-refractivity contribution is -0.151. The van der Waals surface area contributed by atoms with Crippen molar-refractivity contribution in [3.8, 4) is 0 Å². The van der Waals surface area contributed by atoms with Crippen LogP contribution in [0.15, 0.2) is 30.3 Å². The fraction of sp³-hybridized carbons (Fsp3) is 0.714. The molecule has 1 fully saturated rings. The van der Waals surface area contributed by atoms with Crippen molar-refractivity contribution in [2.75, 3.05) is 14.2 Å². The van der Waals surface area contributed by atoms with E-state index in [4.69, 9.17) is 9.47 Å². The van der Waals surface area contributed by atoms with Crippen molar-refractivity contribution in [1.82, 2.24) is 0 Å². The van der Waals surface area contributed by atoms with Crippen molar-refractivity contribution in [2.24, 2.45) is 17.8 Å². The zero-order valence-corrected chi connectivity index (χ0v) is 21.6. The standard InChI is InChI=1S/C14H26O3.C14H20O3/c2*1-3-7-13(15)12(14(16)17-2)10-11-8-5-4-6-9-11/h11-13,15H,3-10H2,1-2H3;4-6,8-9,12-13,15H,3,7,10H2,1-2H3/t2*12-,13-/m11/s1. The zero-order chi connectivity index (χ0) is 25.3. The Balaban J connectivity index is 0.000000340. The first-order chi connectivity index (χ1) is 16.4. The molecule has 4 atom stereocenters. The lowest BCUT2D eigenvalue weighted by Gasteiger charge is -2.27. The molecule has 194 valence electrons. The highest BCUT2D eigenvalue weighted by Gasteiger charge is 2.30. The number of ether oxygens (including phenoxy) is 2. The van der Waals surface area contributed by atoms with E-state index < -0.39 is 18.1 Å². The van der Waals surface area contributed by atoms with Gasteiger partial charge >= 0.3 is 11.9 Å². The van der Waals surface area contributed by atoms with Gasteiger partial charge in [0.25, 0.3) is 0 Å². The molecule has 1 aromatic carbocycles. The van der Waals surface area contributed by atoms with Crippen molar-refractivity contribution in [3.63, 3.8) is 0 Å². The van der Waals surface area contributed by atoms with Crippen LogP contribution in [-0.2, 0) is 25.5 Å². The second kappa shape index (κ2) is 17.5. The van der Waals surface area contributed by atoms with E-state index in [1.165, 1.54) is 46.3 Å². The molecule has 1 aliphatic rings. The predicted octanol–water partition coefficient (Wildman–Crippen LogP) is 5.09. The van der Waals surface area contributed by atoms with E-state index in [0.29, 0.717) is 25.2 Å². The van der Waals surface area contributed by atoms with Gasteiger partial charge in [0.1, 0.15) is 0 Å². The van der Waals surface area contributed by atoms with Crippen LogP contribution in [0.5, 0.6) is 0 Å². The molecule has 0 amide bonds. The molecule has 6 heteroatoms. The molecule has 0 aromatic heterocycles. The molecule has 1 aliphatic carbocycles. The van der Waals surface area contributed by atoms with Crippen LogP contribution in [-0.4, -0.2) is 48.6 Å². The summed E-state index contributed by atoms with van der Waals surface area (Å²) in [5.74, 6) is -0.768. The number of esters is 2. The third kappa shape index (κ3) is 11.0.